The van der Waals surface area contributed by atoms with Crippen LogP contribution < -0.4 is 11.1 Å². The third-order valence-electron chi connectivity index (χ3n) is 2.54. The van der Waals surface area contributed by atoms with Crippen LogP contribution in [0.5, 0.6) is 0 Å². The number of halogens is 3. The molecule has 2 rings (SSSR count). The summed E-state index contributed by atoms with van der Waals surface area (Å²) < 4.78 is 0. The van der Waals surface area contributed by atoms with E-state index < -0.39 is 0 Å². The van der Waals surface area contributed by atoms with Crippen LogP contribution in [0.15, 0.2) is 41.3 Å². The molecule has 0 heterocycles. The third kappa shape index (κ3) is 4.45. The van der Waals surface area contributed by atoms with Crippen molar-refractivity contribution in [3.8, 4) is 0 Å². The van der Waals surface area contributed by atoms with E-state index in [-0.39, 0.29) is 11.7 Å². The van der Waals surface area contributed by atoms with E-state index in [1.54, 1.807) is 36.4 Å². The highest BCUT2D eigenvalue weighted by Crippen LogP contribution is 2.31. The van der Waals surface area contributed by atoms with E-state index in [0.29, 0.717) is 26.4 Å². The summed E-state index contributed by atoms with van der Waals surface area (Å²) >= 11 is 19.3. The Balaban J connectivity index is 2.01. The molecular weight excluding hydrogens is 351 g/mol. The van der Waals surface area contributed by atoms with Gasteiger partial charge in [0.2, 0.25) is 5.91 Å². The summed E-state index contributed by atoms with van der Waals surface area (Å²) in [5.41, 5.74) is 6.69. The fourth-order valence-corrected chi connectivity index (χ4v) is 3.12. The van der Waals surface area contributed by atoms with Crippen molar-refractivity contribution in [2.75, 3.05) is 16.8 Å². The molecule has 0 aromatic heterocycles. The van der Waals surface area contributed by atoms with E-state index in [0.717, 1.165) is 4.90 Å². The van der Waals surface area contributed by atoms with Gasteiger partial charge in [0.25, 0.3) is 0 Å². The molecule has 0 spiro atoms. The fourth-order valence-electron chi connectivity index (χ4n) is 1.57. The Bertz CT molecular complexity index is 659. The molecule has 7 heteroatoms. The molecule has 0 bridgehead atoms. The van der Waals surface area contributed by atoms with Gasteiger partial charge in [-0.2, -0.15) is 0 Å². The van der Waals surface area contributed by atoms with Crippen LogP contribution in [0, 0.1) is 0 Å². The summed E-state index contributed by atoms with van der Waals surface area (Å²) in [7, 11) is 0. The van der Waals surface area contributed by atoms with Gasteiger partial charge in [-0.15, -0.1) is 11.8 Å². The van der Waals surface area contributed by atoms with Crippen LogP contribution in [0.2, 0.25) is 15.1 Å². The van der Waals surface area contributed by atoms with Crippen LogP contribution in [-0.2, 0) is 4.79 Å². The molecule has 0 fully saturated rings. The lowest BCUT2D eigenvalue weighted by Gasteiger charge is -2.09. The second kappa shape index (κ2) is 7.27. The van der Waals surface area contributed by atoms with E-state index in [9.17, 15) is 4.79 Å². The van der Waals surface area contributed by atoms with Crippen LogP contribution in [0.1, 0.15) is 0 Å². The zero-order valence-electron chi connectivity index (χ0n) is 10.7. The number of nitrogens with one attached hydrogen (secondary N) is 1. The summed E-state index contributed by atoms with van der Waals surface area (Å²) in [5, 5.41) is 4.02. The van der Waals surface area contributed by atoms with Crippen molar-refractivity contribution in [2.45, 2.75) is 4.90 Å². The van der Waals surface area contributed by atoms with Gasteiger partial charge in [0.05, 0.1) is 26.5 Å². The number of thioether (sulfide) groups is 1. The second-order valence-electron chi connectivity index (χ2n) is 4.12. The molecular formula is C14H11Cl3N2OS. The predicted molar refractivity (Wildman–Crippen MR) is 91.7 cm³/mol. The molecule has 1 amide bonds. The van der Waals surface area contributed by atoms with E-state index >= 15 is 0 Å². The van der Waals surface area contributed by atoms with E-state index in [1.807, 2.05) is 0 Å². The van der Waals surface area contributed by atoms with Gasteiger partial charge >= 0.3 is 0 Å². The van der Waals surface area contributed by atoms with Gasteiger partial charge in [-0.05, 0) is 30.3 Å². The molecule has 2 aromatic carbocycles. The number of amides is 1. The maximum atomic E-state index is 12.0. The first-order valence-electron chi connectivity index (χ1n) is 5.89. The first-order chi connectivity index (χ1) is 9.97. The number of carbonyl (C=O) groups is 1. The molecule has 110 valence electrons. The number of nitrogen functional groups attached to an aromatic ring is 1. The Morgan fingerprint density at radius 3 is 2.43 bits per heavy atom. The number of benzene rings is 2. The molecule has 0 aliphatic rings. The molecule has 3 N–H and O–H groups in total. The molecule has 0 saturated carbocycles. The number of hydrogen-bond donors (Lipinski definition) is 2. The van der Waals surface area contributed by atoms with Crippen molar-refractivity contribution in [3.63, 3.8) is 0 Å². The highest BCUT2D eigenvalue weighted by atomic mass is 35.5. The number of anilines is 2. The molecule has 0 saturated heterocycles. The van der Waals surface area contributed by atoms with Crippen molar-refractivity contribution in [3.05, 3.63) is 51.5 Å². The monoisotopic (exact) mass is 360 g/mol. The standard InChI is InChI=1S/C14H11Cl3N2OS/c15-9-5-4-8(18)6-12(9)21-7-13(20)19-14-10(16)2-1-3-11(14)17/h1-6H,7,18H2,(H,19,20). The second-order valence-corrected chi connectivity index (χ2v) is 6.36. The lowest BCUT2D eigenvalue weighted by atomic mass is 10.3. The highest BCUT2D eigenvalue weighted by Gasteiger charge is 2.11. The van der Waals surface area contributed by atoms with Crippen molar-refractivity contribution in [2.24, 2.45) is 0 Å². The lowest BCUT2D eigenvalue weighted by molar-refractivity contribution is -0.113. The number of carbonyl (C=O) groups excluding carboxylic acids is 1. The van der Waals surface area contributed by atoms with E-state index in [4.69, 9.17) is 40.5 Å². The quantitative estimate of drug-likeness (QED) is 0.598. The molecule has 2 aromatic rings. The minimum absolute atomic E-state index is 0.171. The largest absolute Gasteiger partial charge is 0.399 e. The van der Waals surface area contributed by atoms with Crippen LogP contribution in [0.3, 0.4) is 0 Å². The number of rotatable bonds is 4. The summed E-state index contributed by atoms with van der Waals surface area (Å²) in [6, 6.07) is 10.2. The summed E-state index contributed by atoms with van der Waals surface area (Å²) in [6.07, 6.45) is 0. The number of hydrogen-bond acceptors (Lipinski definition) is 3. The van der Waals surface area contributed by atoms with Gasteiger partial charge in [-0.3, -0.25) is 4.79 Å². The summed E-state index contributed by atoms with van der Waals surface area (Å²) in [4.78, 5) is 12.7. The van der Waals surface area contributed by atoms with E-state index in [1.165, 1.54) is 11.8 Å². The normalized spacial score (nSPS) is 10.4. The van der Waals surface area contributed by atoms with Gasteiger partial charge in [0, 0.05) is 10.6 Å². The average Bonchev–Trinajstić information content (AvgIpc) is 2.44. The zero-order chi connectivity index (χ0) is 15.4. The predicted octanol–water partition coefficient (Wildman–Crippen LogP) is 4.96. The average molecular weight is 362 g/mol. The van der Waals surface area contributed by atoms with Gasteiger partial charge in [0.15, 0.2) is 0 Å². The molecule has 3 nitrogen and oxygen atoms in total. The lowest BCUT2D eigenvalue weighted by Crippen LogP contribution is -2.14. The molecule has 0 unspecified atom stereocenters. The Labute approximate surface area is 141 Å². The molecule has 21 heavy (non-hydrogen) atoms. The minimum Gasteiger partial charge on any atom is -0.399 e. The van der Waals surface area contributed by atoms with Gasteiger partial charge in [-0.25, -0.2) is 0 Å². The van der Waals surface area contributed by atoms with Crippen LogP contribution in [0.25, 0.3) is 0 Å². The van der Waals surface area contributed by atoms with Crippen molar-refractivity contribution < 1.29 is 4.79 Å². The Hall–Kier alpha value is -1.07. The molecule has 0 aliphatic carbocycles. The molecule has 0 radical (unpaired) electrons. The maximum Gasteiger partial charge on any atom is 0.234 e. The van der Waals surface area contributed by atoms with Crippen LogP contribution in [0.4, 0.5) is 11.4 Å². The first kappa shape index (κ1) is 16.3. The Morgan fingerprint density at radius 2 is 1.76 bits per heavy atom. The van der Waals surface area contributed by atoms with Crippen molar-refractivity contribution >= 4 is 63.8 Å². The highest BCUT2D eigenvalue weighted by molar-refractivity contribution is 8.00. The van der Waals surface area contributed by atoms with Crippen LogP contribution in [-0.4, -0.2) is 11.7 Å². The number of nitrogens with two attached hydrogens (primary N) is 1. The Kier molecular flexibility index (Phi) is 5.65. The Morgan fingerprint density at radius 1 is 1.10 bits per heavy atom. The van der Waals surface area contributed by atoms with Crippen LogP contribution >= 0.6 is 46.6 Å². The van der Waals surface area contributed by atoms with Gasteiger partial charge < -0.3 is 11.1 Å². The fraction of sp³-hybridized carbons (Fsp3) is 0.0714. The topological polar surface area (TPSA) is 55.1 Å². The summed E-state index contributed by atoms with van der Waals surface area (Å²) in [5.74, 6) is -0.0569. The summed E-state index contributed by atoms with van der Waals surface area (Å²) in [6.45, 7) is 0. The first-order valence-corrected chi connectivity index (χ1v) is 8.01. The molecule has 0 aliphatic heterocycles. The third-order valence-corrected chi connectivity index (χ3v) is 4.67. The smallest absolute Gasteiger partial charge is 0.234 e. The van der Waals surface area contributed by atoms with Gasteiger partial charge in [0.1, 0.15) is 0 Å². The SMILES string of the molecule is Nc1ccc(Cl)c(SCC(=O)Nc2c(Cl)cccc2Cl)c1. The number of para-hydroxylation sites is 1. The minimum atomic E-state index is -0.228. The zero-order valence-corrected chi connectivity index (χ0v) is 13.8. The maximum absolute atomic E-state index is 12.0. The van der Waals surface area contributed by atoms with Gasteiger partial charge in [-0.1, -0.05) is 40.9 Å². The van der Waals surface area contributed by atoms with Crippen molar-refractivity contribution in [1.29, 1.82) is 0 Å². The molecule has 0 atom stereocenters. The van der Waals surface area contributed by atoms with Crippen molar-refractivity contribution in [1.82, 2.24) is 0 Å². The van der Waals surface area contributed by atoms with E-state index in [2.05, 4.69) is 5.32 Å².